The van der Waals surface area contributed by atoms with Crippen molar-refractivity contribution in [1.82, 2.24) is 4.90 Å². The minimum Gasteiger partial charge on any atom is -0.462 e. The van der Waals surface area contributed by atoms with Crippen LogP contribution in [0.5, 0.6) is 0 Å². The quantitative estimate of drug-likeness (QED) is 0.788. The van der Waals surface area contributed by atoms with Crippen LogP contribution in [0, 0.1) is 5.41 Å². The van der Waals surface area contributed by atoms with Gasteiger partial charge in [-0.1, -0.05) is 38.1 Å². The summed E-state index contributed by atoms with van der Waals surface area (Å²) in [7, 11) is 0. The molecule has 0 unspecified atom stereocenters. The molecular weight excluding hydrogens is 322 g/mol. The summed E-state index contributed by atoms with van der Waals surface area (Å²) < 4.78 is 10.4. The van der Waals surface area contributed by atoms with E-state index < -0.39 is 29.5 Å². The van der Waals surface area contributed by atoms with Crippen molar-refractivity contribution in [2.45, 2.75) is 39.3 Å². The maximum atomic E-state index is 12.5. The van der Waals surface area contributed by atoms with Crippen LogP contribution in [-0.4, -0.2) is 35.5 Å². The summed E-state index contributed by atoms with van der Waals surface area (Å²) in [5.74, 6) is -1.21. The Kier molecular flexibility index (Phi) is 4.37. The second kappa shape index (κ2) is 6.35. The molecule has 0 bridgehead atoms. The number of fused-ring (bicyclic) bond motifs is 1. The number of hydrogen-bond acceptors (Lipinski definition) is 5. The van der Waals surface area contributed by atoms with Gasteiger partial charge in [0.1, 0.15) is 6.61 Å². The normalized spacial score (nSPS) is 23.8. The molecule has 2 aliphatic heterocycles. The highest BCUT2D eigenvalue weighted by atomic mass is 16.6. The summed E-state index contributed by atoms with van der Waals surface area (Å²) in [6.07, 6.45) is 2.58. The first-order valence-corrected chi connectivity index (χ1v) is 8.22. The molecule has 2 aliphatic rings. The third-order valence-electron chi connectivity index (χ3n) is 4.59. The number of rotatable bonds is 3. The number of benzene rings is 1. The highest BCUT2D eigenvalue weighted by Crippen LogP contribution is 2.35. The van der Waals surface area contributed by atoms with Crippen LogP contribution in [0.3, 0.4) is 0 Å². The number of ether oxygens (including phenoxy) is 2. The molecule has 1 aromatic carbocycles. The zero-order valence-corrected chi connectivity index (χ0v) is 14.5. The molecular formula is C19H21NO5. The Morgan fingerprint density at radius 2 is 2.04 bits per heavy atom. The predicted molar refractivity (Wildman–Crippen MR) is 90.0 cm³/mol. The first-order valence-electron chi connectivity index (χ1n) is 8.22. The predicted octanol–water partition coefficient (Wildman–Crippen LogP) is 2.45. The van der Waals surface area contributed by atoms with Crippen LogP contribution in [0.25, 0.3) is 6.08 Å². The van der Waals surface area contributed by atoms with E-state index in [2.05, 4.69) is 0 Å². The van der Waals surface area contributed by atoms with Crippen LogP contribution >= 0.6 is 0 Å². The Morgan fingerprint density at radius 3 is 2.68 bits per heavy atom. The number of amides is 1. The van der Waals surface area contributed by atoms with Crippen LogP contribution in [0.4, 0.5) is 0 Å². The maximum absolute atomic E-state index is 12.5. The lowest BCUT2D eigenvalue weighted by Gasteiger charge is -2.32. The Hall–Kier alpha value is -2.63. The Morgan fingerprint density at radius 1 is 1.32 bits per heavy atom. The van der Waals surface area contributed by atoms with Crippen molar-refractivity contribution >= 4 is 23.9 Å². The van der Waals surface area contributed by atoms with Crippen LogP contribution in [-0.2, 0) is 23.9 Å². The summed E-state index contributed by atoms with van der Waals surface area (Å²) in [4.78, 5) is 37.8. The SMILES string of the molecule is CC(=O)N1C=Cc2ccccc2[C@H]1CC(=O)O[C@H]1C(=O)OCC1(C)C. The standard InChI is InChI=1S/C19H21NO5/c1-12(21)20-9-8-13-6-4-5-7-14(13)15(20)10-16(22)25-17-18(23)24-11-19(17,2)3/h4-9,15,17H,10-11H2,1-3H3/t15-,17+/m1/s1. The topological polar surface area (TPSA) is 72.9 Å². The number of carbonyl (C=O) groups is 3. The minimum absolute atomic E-state index is 0.0270. The number of hydrogen-bond donors (Lipinski definition) is 0. The highest BCUT2D eigenvalue weighted by Gasteiger charge is 2.46. The van der Waals surface area contributed by atoms with Crippen molar-refractivity contribution < 1.29 is 23.9 Å². The number of nitrogens with zero attached hydrogens (tertiary/aromatic N) is 1. The molecule has 1 saturated heterocycles. The third-order valence-corrected chi connectivity index (χ3v) is 4.59. The molecule has 6 heteroatoms. The lowest BCUT2D eigenvalue weighted by molar-refractivity contribution is -0.164. The first kappa shape index (κ1) is 17.2. The Balaban J connectivity index is 1.80. The maximum Gasteiger partial charge on any atom is 0.348 e. The largest absolute Gasteiger partial charge is 0.462 e. The van der Waals surface area contributed by atoms with Crippen LogP contribution in [0.1, 0.15) is 44.4 Å². The second-order valence-corrected chi connectivity index (χ2v) is 7.06. The number of cyclic esters (lactones) is 1. The smallest absolute Gasteiger partial charge is 0.348 e. The Bertz CT molecular complexity index is 752. The molecule has 1 fully saturated rings. The molecule has 0 spiro atoms. The van der Waals surface area contributed by atoms with Crippen molar-refractivity contribution in [2.75, 3.05) is 6.61 Å². The van der Waals surface area contributed by atoms with E-state index in [4.69, 9.17) is 9.47 Å². The van der Waals surface area contributed by atoms with Crippen molar-refractivity contribution in [3.05, 3.63) is 41.6 Å². The lowest BCUT2D eigenvalue weighted by Crippen LogP contribution is -2.37. The van der Waals surface area contributed by atoms with Gasteiger partial charge in [-0.2, -0.15) is 0 Å². The van der Waals surface area contributed by atoms with Gasteiger partial charge >= 0.3 is 11.9 Å². The Labute approximate surface area is 146 Å². The average molecular weight is 343 g/mol. The highest BCUT2D eigenvalue weighted by molar-refractivity contribution is 5.83. The van der Waals surface area contributed by atoms with Crippen molar-refractivity contribution in [2.24, 2.45) is 5.41 Å². The molecule has 3 rings (SSSR count). The van der Waals surface area contributed by atoms with Crippen molar-refractivity contribution in [3.63, 3.8) is 0 Å². The van der Waals surface area contributed by atoms with E-state index in [1.165, 1.54) is 11.8 Å². The molecule has 1 aromatic rings. The summed E-state index contributed by atoms with van der Waals surface area (Å²) in [6.45, 7) is 5.30. The van der Waals surface area contributed by atoms with Crippen molar-refractivity contribution in [1.29, 1.82) is 0 Å². The summed E-state index contributed by atoms with van der Waals surface area (Å²) >= 11 is 0. The molecule has 0 aromatic heterocycles. The first-order chi connectivity index (χ1) is 11.8. The molecule has 6 nitrogen and oxygen atoms in total. The van der Waals surface area contributed by atoms with E-state index in [1.54, 1.807) is 6.20 Å². The molecule has 0 radical (unpaired) electrons. The monoisotopic (exact) mass is 343 g/mol. The molecule has 2 atom stereocenters. The number of esters is 2. The molecule has 0 aliphatic carbocycles. The van der Waals surface area contributed by atoms with Crippen LogP contribution < -0.4 is 0 Å². The average Bonchev–Trinajstić information content (AvgIpc) is 2.81. The zero-order valence-electron chi connectivity index (χ0n) is 14.5. The van der Waals surface area contributed by atoms with Crippen LogP contribution in [0.2, 0.25) is 0 Å². The van der Waals surface area contributed by atoms with Gasteiger partial charge in [0.05, 0.1) is 12.5 Å². The van der Waals surface area contributed by atoms with E-state index in [1.807, 2.05) is 44.2 Å². The van der Waals surface area contributed by atoms with E-state index in [-0.39, 0.29) is 18.9 Å². The zero-order chi connectivity index (χ0) is 18.2. The summed E-state index contributed by atoms with van der Waals surface area (Å²) in [6, 6.07) is 7.14. The van der Waals surface area contributed by atoms with Gasteiger partial charge in [0.15, 0.2) is 0 Å². The number of carbonyl (C=O) groups excluding carboxylic acids is 3. The van der Waals surface area contributed by atoms with Gasteiger partial charge in [-0.15, -0.1) is 0 Å². The summed E-state index contributed by atoms with van der Waals surface area (Å²) in [5.41, 5.74) is 1.28. The van der Waals surface area contributed by atoms with Gasteiger partial charge in [-0.3, -0.25) is 9.59 Å². The molecule has 1 amide bonds. The fraction of sp³-hybridized carbons (Fsp3) is 0.421. The molecule has 0 saturated carbocycles. The van der Waals surface area contributed by atoms with E-state index in [0.717, 1.165) is 11.1 Å². The summed E-state index contributed by atoms with van der Waals surface area (Å²) in [5, 5.41) is 0. The lowest BCUT2D eigenvalue weighted by atomic mass is 9.89. The van der Waals surface area contributed by atoms with Gasteiger partial charge in [-0.25, -0.2) is 4.79 Å². The van der Waals surface area contributed by atoms with Gasteiger partial charge in [0.2, 0.25) is 12.0 Å². The molecule has 25 heavy (non-hydrogen) atoms. The fourth-order valence-electron chi connectivity index (χ4n) is 3.19. The van der Waals surface area contributed by atoms with Gasteiger partial charge in [-0.05, 0) is 17.2 Å². The third kappa shape index (κ3) is 3.29. The molecule has 2 heterocycles. The molecule has 0 N–H and O–H groups in total. The van der Waals surface area contributed by atoms with E-state index in [9.17, 15) is 14.4 Å². The van der Waals surface area contributed by atoms with Gasteiger partial charge < -0.3 is 14.4 Å². The molecule has 132 valence electrons. The second-order valence-electron chi connectivity index (χ2n) is 7.06. The van der Waals surface area contributed by atoms with Crippen molar-refractivity contribution in [3.8, 4) is 0 Å². The van der Waals surface area contributed by atoms with Gasteiger partial charge in [0, 0.05) is 18.5 Å². The van der Waals surface area contributed by atoms with Crippen LogP contribution in [0.15, 0.2) is 30.5 Å². The van der Waals surface area contributed by atoms with E-state index in [0.29, 0.717) is 0 Å². The minimum atomic E-state index is -0.917. The van der Waals surface area contributed by atoms with E-state index >= 15 is 0 Å². The fourth-order valence-corrected chi connectivity index (χ4v) is 3.19. The van der Waals surface area contributed by atoms with Gasteiger partial charge in [0.25, 0.3) is 0 Å².